The van der Waals surface area contributed by atoms with Crippen LogP contribution in [-0.4, -0.2) is 22.5 Å². The van der Waals surface area contributed by atoms with E-state index < -0.39 is 11.5 Å². The number of fused-ring (bicyclic) bond motifs is 1. The number of hydrogen-bond donors (Lipinski definition) is 2. The molecule has 1 aliphatic rings. The molecule has 18 heavy (non-hydrogen) atoms. The molecule has 0 heterocycles. The third kappa shape index (κ3) is 2.53. The highest BCUT2D eigenvalue weighted by Gasteiger charge is 2.34. The summed E-state index contributed by atoms with van der Waals surface area (Å²) in [5, 5.41) is 11.6. The van der Waals surface area contributed by atoms with Gasteiger partial charge in [0.2, 0.25) is 5.91 Å². The Morgan fingerprint density at radius 1 is 1.39 bits per heavy atom. The first-order valence-electron chi connectivity index (χ1n) is 6.01. The maximum absolute atomic E-state index is 12.1. The molecular formula is C14H17NO3. The molecule has 1 unspecified atom stereocenters. The van der Waals surface area contributed by atoms with Crippen LogP contribution in [0.1, 0.15) is 37.3 Å². The molecule has 0 radical (unpaired) electrons. The fraction of sp³-hybridized carbons (Fsp3) is 0.429. The SMILES string of the molecule is CC(C)(CC(=O)O)NC(=O)C1Cc2ccccc21. The molecule has 1 atom stereocenters. The predicted molar refractivity (Wildman–Crippen MR) is 67.4 cm³/mol. The highest BCUT2D eigenvalue weighted by Crippen LogP contribution is 2.35. The first kappa shape index (κ1) is 12.6. The van der Waals surface area contributed by atoms with Gasteiger partial charge in [0.15, 0.2) is 0 Å². The molecule has 1 aromatic rings. The number of carboxylic acid groups (broad SMARTS) is 1. The molecule has 0 fully saturated rings. The summed E-state index contributed by atoms with van der Waals surface area (Å²) in [4.78, 5) is 22.8. The van der Waals surface area contributed by atoms with Crippen molar-refractivity contribution >= 4 is 11.9 Å². The van der Waals surface area contributed by atoms with Crippen LogP contribution >= 0.6 is 0 Å². The van der Waals surface area contributed by atoms with Crippen molar-refractivity contribution in [2.24, 2.45) is 0 Å². The number of nitrogens with one attached hydrogen (secondary N) is 1. The van der Waals surface area contributed by atoms with Crippen LogP contribution < -0.4 is 5.32 Å². The minimum absolute atomic E-state index is 0.0763. The molecular weight excluding hydrogens is 230 g/mol. The van der Waals surface area contributed by atoms with Crippen LogP contribution in [0.5, 0.6) is 0 Å². The Morgan fingerprint density at radius 3 is 2.67 bits per heavy atom. The van der Waals surface area contributed by atoms with E-state index in [-0.39, 0.29) is 18.2 Å². The van der Waals surface area contributed by atoms with Crippen molar-refractivity contribution in [3.8, 4) is 0 Å². The second-order valence-electron chi connectivity index (χ2n) is 5.40. The zero-order valence-electron chi connectivity index (χ0n) is 10.6. The largest absolute Gasteiger partial charge is 0.481 e. The van der Waals surface area contributed by atoms with Crippen molar-refractivity contribution in [3.63, 3.8) is 0 Å². The Labute approximate surface area is 106 Å². The summed E-state index contributed by atoms with van der Waals surface area (Å²) < 4.78 is 0. The molecule has 0 aromatic heterocycles. The first-order valence-corrected chi connectivity index (χ1v) is 6.01. The van der Waals surface area contributed by atoms with Crippen molar-refractivity contribution in [2.45, 2.75) is 38.1 Å². The monoisotopic (exact) mass is 247 g/mol. The van der Waals surface area contributed by atoms with Gasteiger partial charge in [-0.05, 0) is 31.4 Å². The molecule has 4 nitrogen and oxygen atoms in total. The summed E-state index contributed by atoms with van der Waals surface area (Å²) in [6.45, 7) is 3.45. The van der Waals surface area contributed by atoms with Gasteiger partial charge in [0.1, 0.15) is 0 Å². The van der Waals surface area contributed by atoms with Crippen LogP contribution in [0, 0.1) is 0 Å². The number of carbonyl (C=O) groups excluding carboxylic acids is 1. The second-order valence-corrected chi connectivity index (χ2v) is 5.40. The third-order valence-electron chi connectivity index (χ3n) is 3.23. The number of benzene rings is 1. The summed E-state index contributed by atoms with van der Waals surface area (Å²) >= 11 is 0. The summed E-state index contributed by atoms with van der Waals surface area (Å²) in [5.74, 6) is -1.12. The van der Waals surface area contributed by atoms with E-state index in [4.69, 9.17) is 5.11 Å². The lowest BCUT2D eigenvalue weighted by atomic mass is 9.76. The molecule has 2 N–H and O–H groups in total. The van der Waals surface area contributed by atoms with Crippen LogP contribution in [0.15, 0.2) is 24.3 Å². The van der Waals surface area contributed by atoms with Gasteiger partial charge in [-0.15, -0.1) is 0 Å². The second kappa shape index (κ2) is 4.44. The highest BCUT2D eigenvalue weighted by atomic mass is 16.4. The van der Waals surface area contributed by atoms with Gasteiger partial charge in [-0.1, -0.05) is 24.3 Å². The molecule has 0 saturated heterocycles. The molecule has 1 amide bonds. The average molecular weight is 247 g/mol. The van der Waals surface area contributed by atoms with Gasteiger partial charge < -0.3 is 10.4 Å². The molecule has 0 spiro atoms. The number of rotatable bonds is 4. The normalized spacial score (nSPS) is 17.6. The molecule has 0 aliphatic heterocycles. The smallest absolute Gasteiger partial charge is 0.305 e. The van der Waals surface area contributed by atoms with E-state index in [9.17, 15) is 9.59 Å². The van der Waals surface area contributed by atoms with Gasteiger partial charge in [-0.25, -0.2) is 0 Å². The van der Waals surface area contributed by atoms with E-state index >= 15 is 0 Å². The topological polar surface area (TPSA) is 66.4 Å². The lowest BCUT2D eigenvalue weighted by Gasteiger charge is -2.33. The maximum Gasteiger partial charge on any atom is 0.305 e. The Hall–Kier alpha value is -1.84. The molecule has 96 valence electrons. The van der Waals surface area contributed by atoms with E-state index in [0.717, 1.165) is 12.0 Å². The molecule has 0 saturated carbocycles. The van der Waals surface area contributed by atoms with Crippen molar-refractivity contribution in [1.29, 1.82) is 0 Å². The molecule has 0 bridgehead atoms. The Morgan fingerprint density at radius 2 is 2.06 bits per heavy atom. The fourth-order valence-corrected chi connectivity index (χ4v) is 2.34. The van der Waals surface area contributed by atoms with Gasteiger partial charge >= 0.3 is 5.97 Å². The molecule has 1 aliphatic carbocycles. The van der Waals surface area contributed by atoms with E-state index in [1.165, 1.54) is 5.56 Å². The van der Waals surface area contributed by atoms with Crippen LogP contribution in [0.3, 0.4) is 0 Å². The number of aliphatic carboxylic acids is 1. The Kier molecular flexibility index (Phi) is 3.11. The summed E-state index contributed by atoms with van der Waals surface area (Å²) in [6.07, 6.45) is 0.665. The summed E-state index contributed by atoms with van der Waals surface area (Å²) in [6, 6.07) is 7.84. The summed E-state index contributed by atoms with van der Waals surface area (Å²) in [7, 11) is 0. The van der Waals surface area contributed by atoms with Gasteiger partial charge in [-0.2, -0.15) is 0 Å². The van der Waals surface area contributed by atoms with E-state index in [1.807, 2.05) is 24.3 Å². The van der Waals surface area contributed by atoms with Crippen LogP contribution in [0.25, 0.3) is 0 Å². The lowest BCUT2D eigenvalue weighted by Crippen LogP contribution is -2.48. The lowest BCUT2D eigenvalue weighted by molar-refractivity contribution is -0.138. The van der Waals surface area contributed by atoms with Gasteiger partial charge in [-0.3, -0.25) is 9.59 Å². The quantitative estimate of drug-likeness (QED) is 0.851. The Balaban J connectivity index is 2.01. The standard InChI is InChI=1S/C14H17NO3/c1-14(2,8-12(16)17)15-13(18)11-7-9-5-3-4-6-10(9)11/h3-6,11H,7-8H2,1-2H3,(H,15,18)(H,16,17). The van der Waals surface area contributed by atoms with Crippen molar-refractivity contribution in [3.05, 3.63) is 35.4 Å². The maximum atomic E-state index is 12.1. The number of amides is 1. The molecule has 2 rings (SSSR count). The van der Waals surface area contributed by atoms with Gasteiger partial charge in [0, 0.05) is 5.54 Å². The number of carbonyl (C=O) groups is 2. The van der Waals surface area contributed by atoms with Gasteiger partial charge in [0.05, 0.1) is 12.3 Å². The third-order valence-corrected chi connectivity index (χ3v) is 3.23. The zero-order chi connectivity index (χ0) is 13.3. The van der Waals surface area contributed by atoms with Crippen LogP contribution in [0.4, 0.5) is 0 Å². The molecule has 1 aromatic carbocycles. The van der Waals surface area contributed by atoms with Crippen LogP contribution in [-0.2, 0) is 16.0 Å². The zero-order valence-corrected chi connectivity index (χ0v) is 10.6. The predicted octanol–water partition coefficient (Wildman–Crippen LogP) is 1.70. The number of hydrogen-bond acceptors (Lipinski definition) is 2. The van der Waals surface area contributed by atoms with Crippen molar-refractivity contribution < 1.29 is 14.7 Å². The van der Waals surface area contributed by atoms with E-state index in [1.54, 1.807) is 13.8 Å². The fourth-order valence-electron chi connectivity index (χ4n) is 2.34. The van der Waals surface area contributed by atoms with Crippen molar-refractivity contribution in [1.82, 2.24) is 5.32 Å². The van der Waals surface area contributed by atoms with E-state index in [2.05, 4.69) is 5.32 Å². The number of carboxylic acids is 1. The summed E-state index contributed by atoms with van der Waals surface area (Å²) in [5.41, 5.74) is 1.54. The first-order chi connectivity index (χ1) is 8.39. The molecule has 4 heteroatoms. The minimum Gasteiger partial charge on any atom is -0.481 e. The van der Waals surface area contributed by atoms with Crippen LogP contribution in [0.2, 0.25) is 0 Å². The van der Waals surface area contributed by atoms with E-state index in [0.29, 0.717) is 0 Å². The Bertz CT molecular complexity index is 494. The highest BCUT2D eigenvalue weighted by molar-refractivity contribution is 5.87. The average Bonchev–Trinajstić information content (AvgIpc) is 2.16. The minimum atomic E-state index is -0.908. The van der Waals surface area contributed by atoms with Crippen molar-refractivity contribution in [2.75, 3.05) is 0 Å². The van der Waals surface area contributed by atoms with Gasteiger partial charge in [0.25, 0.3) is 0 Å².